The van der Waals surface area contributed by atoms with Gasteiger partial charge in [-0.15, -0.1) is 0 Å². The van der Waals surface area contributed by atoms with Gasteiger partial charge in [-0.2, -0.15) is 8.62 Å². The molecule has 0 bridgehead atoms. The average molecular weight is 1030 g/mol. The summed E-state index contributed by atoms with van der Waals surface area (Å²) in [6.07, 6.45) is 3.42. The number of ether oxygens (including phenoxy) is 2. The number of aliphatic hydroxyl groups is 1. The quantitative estimate of drug-likeness (QED) is 0.0418. The average Bonchev–Trinajstić information content (AvgIpc) is 3.58. The minimum atomic E-state index is -5.80. The van der Waals surface area contributed by atoms with Crippen LogP contribution in [0.3, 0.4) is 0 Å². The molecule has 0 aliphatic carbocycles. The van der Waals surface area contributed by atoms with Crippen molar-refractivity contribution < 1.29 is 78.8 Å². The summed E-state index contributed by atoms with van der Waals surface area (Å²) in [5.74, 6) is -0.0446. The van der Waals surface area contributed by atoms with Gasteiger partial charge in [0.2, 0.25) is 11.3 Å². The van der Waals surface area contributed by atoms with Crippen LogP contribution in [-0.4, -0.2) is 109 Å². The third-order valence-electron chi connectivity index (χ3n) is 11.3. The molecule has 5 atom stereocenters. The predicted molar refractivity (Wildman–Crippen MR) is 239 cm³/mol. The predicted octanol–water partition coefficient (Wildman–Crippen LogP) is 1.18. The number of aromatic nitrogens is 2. The molecule has 1 aromatic heterocycles. The lowest BCUT2D eigenvalue weighted by Gasteiger charge is -2.44. The van der Waals surface area contributed by atoms with Gasteiger partial charge in [-0.1, -0.05) is 18.2 Å². The molecular weight excluding hydrogens is 981 g/mol. The number of aromatic amines is 1. The molecular formula is C39H49N6O19P3S. The van der Waals surface area contributed by atoms with Gasteiger partial charge >= 0.3 is 29.2 Å². The van der Waals surface area contributed by atoms with Crippen LogP contribution in [0.15, 0.2) is 57.2 Å². The third kappa shape index (κ3) is 12.4. The van der Waals surface area contributed by atoms with Crippen molar-refractivity contribution in [2.75, 3.05) is 43.4 Å². The Bertz CT molecular complexity index is 3100. The summed E-state index contributed by atoms with van der Waals surface area (Å²) < 4.78 is 97.9. The van der Waals surface area contributed by atoms with E-state index < -0.39 is 81.2 Å². The largest absolute Gasteiger partial charge is 0.748 e. The zero-order valence-electron chi connectivity index (χ0n) is 36.6. The van der Waals surface area contributed by atoms with Crippen molar-refractivity contribution in [2.45, 2.75) is 76.9 Å². The van der Waals surface area contributed by atoms with Gasteiger partial charge in [0, 0.05) is 61.4 Å². The highest BCUT2D eigenvalue weighted by Gasteiger charge is 2.43. The Kier molecular flexibility index (Phi) is 14.9. The SMILES string of the molecule is CC[N+]1=c2cc3c(cc2CCC1)=Nc1cc2c(cc1O3)N(CCCC(=O)NC/C=C/c1cn([C@H]3C[C@H](O)[C@@H](COP(=O)(O)OP(=O)(O)OP(=O)(O)O)O3)c(=O)[nH]c1=O)C(C)(C)C=C2CS(=O)(=O)[O-]. The minimum absolute atomic E-state index is 0.0415. The van der Waals surface area contributed by atoms with Gasteiger partial charge in [0.15, 0.2) is 11.5 Å². The highest BCUT2D eigenvalue weighted by atomic mass is 32.2. The molecule has 0 saturated carbocycles. The third-order valence-corrected chi connectivity index (χ3v) is 15.8. The van der Waals surface area contributed by atoms with Gasteiger partial charge in [-0.05, 0) is 51.3 Å². The van der Waals surface area contributed by atoms with Gasteiger partial charge in [0.1, 0.15) is 36.5 Å². The van der Waals surface area contributed by atoms with E-state index in [1.165, 1.54) is 12.2 Å². The van der Waals surface area contributed by atoms with Crippen LogP contribution >= 0.6 is 23.5 Å². The highest BCUT2D eigenvalue weighted by Crippen LogP contribution is 2.66. The van der Waals surface area contributed by atoms with Crippen molar-refractivity contribution >= 4 is 62.5 Å². The summed E-state index contributed by atoms with van der Waals surface area (Å²) in [5.41, 5.74) is 0.447. The molecule has 1 saturated heterocycles. The number of amides is 1. The van der Waals surface area contributed by atoms with Crippen molar-refractivity contribution in [2.24, 2.45) is 4.99 Å². The maximum atomic E-state index is 13.0. The molecule has 68 heavy (non-hydrogen) atoms. The number of hydrogen-bond donors (Lipinski definition) is 7. The number of nitrogens with one attached hydrogen (secondary N) is 2. The number of benzene rings is 2. The van der Waals surface area contributed by atoms with E-state index in [1.807, 2.05) is 30.9 Å². The van der Waals surface area contributed by atoms with Crippen molar-refractivity contribution in [1.82, 2.24) is 19.4 Å². The molecule has 29 heteroatoms. The maximum Gasteiger partial charge on any atom is 0.490 e. The van der Waals surface area contributed by atoms with Crippen LogP contribution in [0.5, 0.6) is 11.5 Å². The second kappa shape index (κ2) is 19.7. The Morgan fingerprint density at radius 2 is 1.85 bits per heavy atom. The van der Waals surface area contributed by atoms with E-state index in [-0.39, 0.29) is 30.9 Å². The number of anilines is 1. The zero-order valence-corrected chi connectivity index (χ0v) is 40.1. The number of aliphatic hydroxyl groups excluding tert-OH is 1. The Labute approximate surface area is 387 Å². The Hall–Kier alpha value is -4.49. The smallest absolute Gasteiger partial charge is 0.490 e. The summed E-state index contributed by atoms with van der Waals surface area (Å²) in [7, 11) is -21.6. The van der Waals surface area contributed by atoms with Crippen LogP contribution in [0.25, 0.3) is 11.6 Å². The molecule has 4 aliphatic rings. The maximum absolute atomic E-state index is 13.0. The molecule has 0 radical (unpaired) electrons. The van der Waals surface area contributed by atoms with Gasteiger partial charge in [0.25, 0.3) is 5.56 Å². The van der Waals surface area contributed by atoms with Gasteiger partial charge < -0.3 is 48.9 Å². The number of H-pyrrole nitrogens is 1. The van der Waals surface area contributed by atoms with Crippen molar-refractivity contribution in [1.29, 1.82) is 0 Å². The number of phosphoric ester groups is 1. The fourth-order valence-corrected chi connectivity index (χ4v) is 12.1. The van der Waals surface area contributed by atoms with Crippen molar-refractivity contribution in [3.05, 3.63) is 90.9 Å². The van der Waals surface area contributed by atoms with E-state index in [9.17, 15) is 55.9 Å². The number of fused-ring (bicyclic) bond motifs is 4. The summed E-state index contributed by atoms with van der Waals surface area (Å²) in [4.78, 5) is 83.8. The molecule has 2 unspecified atom stereocenters. The first-order chi connectivity index (χ1) is 31.7. The van der Waals surface area contributed by atoms with Gasteiger partial charge in [-0.3, -0.25) is 23.7 Å². The number of phosphoric acid groups is 3. The highest BCUT2D eigenvalue weighted by molar-refractivity contribution is 7.86. The molecule has 5 heterocycles. The minimum Gasteiger partial charge on any atom is -0.748 e. The Morgan fingerprint density at radius 1 is 1.10 bits per heavy atom. The van der Waals surface area contributed by atoms with E-state index in [2.05, 4.69) is 34.9 Å². The lowest BCUT2D eigenvalue weighted by atomic mass is 9.88. The van der Waals surface area contributed by atoms with E-state index >= 15 is 0 Å². The van der Waals surface area contributed by atoms with Crippen LogP contribution in [0, 0.1) is 0 Å². The normalized spacial score (nSPS) is 21.6. The second-order valence-corrected chi connectivity index (χ2v) is 22.6. The second-order valence-electron chi connectivity index (χ2n) is 16.7. The first-order valence-electron chi connectivity index (χ1n) is 21.0. The van der Waals surface area contributed by atoms with Crippen LogP contribution in [-0.2, 0) is 52.9 Å². The lowest BCUT2D eigenvalue weighted by Crippen LogP contribution is -2.46. The van der Waals surface area contributed by atoms with Crippen LogP contribution in [0.1, 0.15) is 69.4 Å². The molecule has 4 aliphatic heterocycles. The summed E-state index contributed by atoms with van der Waals surface area (Å²) in [5, 5.41) is 14.9. The molecule has 2 aromatic carbocycles. The molecule has 25 nitrogen and oxygen atoms in total. The number of rotatable bonds is 18. The number of hydrogen-bond acceptors (Lipinski definition) is 17. The lowest BCUT2D eigenvalue weighted by molar-refractivity contribution is -0.120. The number of aryl methyl sites for hydroxylation is 1. The van der Waals surface area contributed by atoms with E-state index in [0.29, 0.717) is 52.3 Å². The number of carbonyl (C=O) groups excluding carboxylic acids is 1. The molecule has 7 N–H and O–H groups in total. The topological polar surface area (TPSA) is 358 Å². The summed E-state index contributed by atoms with van der Waals surface area (Å²) >= 11 is 0. The zero-order chi connectivity index (χ0) is 49.6. The Balaban J connectivity index is 0.978. The number of nitrogens with zero attached hydrogens (tertiary/aromatic N) is 4. The molecule has 0 spiro atoms. The number of carbonyl (C=O) groups is 1. The monoisotopic (exact) mass is 1030 g/mol. The Morgan fingerprint density at radius 3 is 2.56 bits per heavy atom. The summed E-state index contributed by atoms with van der Waals surface area (Å²) in [6.45, 7) is 6.91. The molecule has 3 aromatic rings. The van der Waals surface area contributed by atoms with Gasteiger partial charge in [-0.25, -0.2) is 36.5 Å². The standard InChI is InChI=1S/C39H49N6O19P3S/c1-4-43-12-6-9-23-14-27-32(16-29(23)43)61-33-17-30-26(15-28(33)41-27)25(22-68(57,58)59)19-39(2,3)45(30)13-7-10-35(47)40-11-5-8-24-20-44(38(49)42-37(24)48)36-18-31(46)34(62-36)21-60-66(53,54)64-67(55,56)63-65(50,51)52/h5,8,14-17,19-20,31,34,36,46H,4,6-7,9-13,18,21-22H2,1-3H3,(H6-,40,42,47,48,49,50,51,52,53,54,55,56,57,58,59)/b8-5+/t31-,34+,36+/m0/s1. The molecule has 7 rings (SSSR count). The van der Waals surface area contributed by atoms with E-state index in [4.69, 9.17) is 24.3 Å². The van der Waals surface area contributed by atoms with E-state index in [0.717, 1.165) is 47.6 Å². The van der Waals surface area contributed by atoms with Crippen LogP contribution in [0.4, 0.5) is 11.4 Å². The van der Waals surface area contributed by atoms with Crippen LogP contribution in [0.2, 0.25) is 0 Å². The van der Waals surface area contributed by atoms with Gasteiger partial charge in [0.05, 0.1) is 45.8 Å². The van der Waals surface area contributed by atoms with Crippen molar-refractivity contribution in [3.63, 3.8) is 0 Å². The van der Waals surface area contributed by atoms with E-state index in [1.54, 1.807) is 18.2 Å². The summed E-state index contributed by atoms with van der Waals surface area (Å²) in [6, 6.07) is 7.53. The first kappa shape index (κ1) is 51.4. The fraction of sp³-hybridized carbons (Fsp3) is 0.462. The molecule has 1 fully saturated rings. The van der Waals surface area contributed by atoms with Crippen molar-refractivity contribution in [3.8, 4) is 11.5 Å². The molecule has 1 amide bonds. The van der Waals surface area contributed by atoms with Crippen LogP contribution < -0.4 is 41.5 Å². The molecule has 370 valence electrons. The fourth-order valence-electron chi connectivity index (χ4n) is 8.43. The first-order valence-corrected chi connectivity index (χ1v) is 27.1.